The van der Waals surface area contributed by atoms with Gasteiger partial charge in [-0.15, -0.1) is 0 Å². The van der Waals surface area contributed by atoms with Crippen LogP contribution in [0.5, 0.6) is 0 Å². The molecule has 0 unspecified atom stereocenters. The average molecular weight is 188 g/mol. The van der Waals surface area contributed by atoms with Crippen LogP contribution in [0.3, 0.4) is 0 Å². The molecule has 2 nitrogen and oxygen atoms in total. The summed E-state index contributed by atoms with van der Waals surface area (Å²) >= 11 is 0. The first-order chi connectivity index (χ1) is 6.74. The zero-order chi connectivity index (χ0) is 10.1. The van der Waals surface area contributed by atoms with Crippen LogP contribution in [0.4, 0.5) is 0 Å². The summed E-state index contributed by atoms with van der Waals surface area (Å²) in [5.41, 5.74) is 9.56. The van der Waals surface area contributed by atoms with Crippen molar-refractivity contribution in [3.8, 4) is 0 Å². The topological polar surface area (TPSA) is 30.9 Å². The molecule has 1 heterocycles. The fraction of sp³-hybridized carbons (Fsp3) is 0.333. The molecule has 0 aliphatic heterocycles. The van der Waals surface area contributed by atoms with Crippen LogP contribution in [0.25, 0.3) is 10.9 Å². The highest BCUT2D eigenvalue weighted by atomic mass is 15.0. The van der Waals surface area contributed by atoms with E-state index in [0.29, 0.717) is 6.54 Å². The first-order valence-electron chi connectivity index (χ1n) is 4.99. The van der Waals surface area contributed by atoms with Crippen molar-refractivity contribution < 1.29 is 0 Å². The largest absolute Gasteiger partial charge is 0.346 e. The first kappa shape index (κ1) is 9.28. The zero-order valence-corrected chi connectivity index (χ0v) is 8.75. The van der Waals surface area contributed by atoms with Gasteiger partial charge < -0.3 is 10.3 Å². The van der Waals surface area contributed by atoms with Gasteiger partial charge in [0.2, 0.25) is 0 Å². The van der Waals surface area contributed by atoms with Crippen molar-refractivity contribution >= 4 is 10.9 Å². The number of benzene rings is 1. The van der Waals surface area contributed by atoms with Gasteiger partial charge in [-0.2, -0.15) is 0 Å². The molecule has 0 bridgehead atoms. The fourth-order valence-corrected chi connectivity index (χ4v) is 2.10. The monoisotopic (exact) mass is 188 g/mol. The molecular formula is C12H16N2. The summed E-state index contributed by atoms with van der Waals surface area (Å²) in [7, 11) is 0. The lowest BCUT2D eigenvalue weighted by Gasteiger charge is -2.02. The maximum atomic E-state index is 5.58. The third kappa shape index (κ3) is 1.32. The minimum atomic E-state index is 0.692. The van der Waals surface area contributed by atoms with Crippen molar-refractivity contribution in [2.24, 2.45) is 5.73 Å². The third-order valence-electron chi connectivity index (χ3n) is 2.67. The Morgan fingerprint density at radius 3 is 2.71 bits per heavy atom. The number of hydrogen-bond donors (Lipinski definition) is 1. The van der Waals surface area contributed by atoms with Crippen LogP contribution in [-0.2, 0) is 6.54 Å². The maximum Gasteiger partial charge on any atom is 0.0486 e. The summed E-state index contributed by atoms with van der Waals surface area (Å²) in [4.78, 5) is 0. The summed E-state index contributed by atoms with van der Waals surface area (Å²) in [5.74, 6) is 0. The number of fused-ring (bicyclic) bond motifs is 1. The van der Waals surface area contributed by atoms with Crippen molar-refractivity contribution in [2.45, 2.75) is 20.4 Å². The Labute approximate surface area is 84.3 Å². The molecule has 2 rings (SSSR count). The minimum absolute atomic E-state index is 0.692. The van der Waals surface area contributed by atoms with Crippen molar-refractivity contribution in [1.29, 1.82) is 0 Å². The molecule has 0 spiro atoms. The fourth-order valence-electron chi connectivity index (χ4n) is 2.10. The molecular weight excluding hydrogens is 172 g/mol. The molecule has 14 heavy (non-hydrogen) atoms. The normalized spacial score (nSPS) is 11.1. The highest BCUT2D eigenvalue weighted by Crippen LogP contribution is 2.23. The lowest BCUT2D eigenvalue weighted by Crippen LogP contribution is -2.08. The number of nitrogens with two attached hydrogens (primary N) is 1. The van der Waals surface area contributed by atoms with Crippen LogP contribution in [-0.4, -0.2) is 11.1 Å². The molecule has 0 aliphatic carbocycles. The van der Waals surface area contributed by atoms with Crippen LogP contribution >= 0.6 is 0 Å². The van der Waals surface area contributed by atoms with Gasteiger partial charge in [0.1, 0.15) is 0 Å². The molecule has 2 aromatic rings. The summed E-state index contributed by atoms with van der Waals surface area (Å²) in [6.45, 7) is 5.90. The minimum Gasteiger partial charge on any atom is -0.346 e. The van der Waals surface area contributed by atoms with Crippen molar-refractivity contribution in [2.75, 3.05) is 6.54 Å². The van der Waals surface area contributed by atoms with Gasteiger partial charge in [-0.1, -0.05) is 12.1 Å². The number of aromatic nitrogens is 1. The lowest BCUT2D eigenvalue weighted by molar-refractivity contribution is 0.734. The van der Waals surface area contributed by atoms with Crippen LogP contribution in [0.15, 0.2) is 24.4 Å². The Morgan fingerprint density at radius 1 is 1.21 bits per heavy atom. The van der Waals surface area contributed by atoms with E-state index in [0.717, 1.165) is 6.54 Å². The van der Waals surface area contributed by atoms with Gasteiger partial charge in [-0.25, -0.2) is 0 Å². The van der Waals surface area contributed by atoms with Gasteiger partial charge >= 0.3 is 0 Å². The Kier molecular flexibility index (Phi) is 2.30. The molecule has 1 aromatic carbocycles. The Bertz CT molecular complexity index is 455. The first-order valence-corrected chi connectivity index (χ1v) is 4.99. The maximum absolute atomic E-state index is 5.58. The molecule has 2 heteroatoms. The number of rotatable bonds is 2. The molecule has 0 amide bonds. The Hall–Kier alpha value is -1.28. The van der Waals surface area contributed by atoms with Gasteiger partial charge in [0.25, 0.3) is 0 Å². The summed E-state index contributed by atoms with van der Waals surface area (Å²) in [6.07, 6.45) is 2.19. The highest BCUT2D eigenvalue weighted by Gasteiger charge is 2.05. The molecule has 2 N–H and O–H groups in total. The number of nitrogens with zero attached hydrogens (tertiary/aromatic N) is 1. The number of hydrogen-bond acceptors (Lipinski definition) is 1. The van der Waals surface area contributed by atoms with Gasteiger partial charge in [0.05, 0.1) is 0 Å². The van der Waals surface area contributed by atoms with E-state index < -0.39 is 0 Å². The molecule has 0 atom stereocenters. The van der Waals surface area contributed by atoms with Gasteiger partial charge in [-0.05, 0) is 31.0 Å². The van der Waals surface area contributed by atoms with E-state index >= 15 is 0 Å². The van der Waals surface area contributed by atoms with Crippen molar-refractivity contribution in [1.82, 2.24) is 4.57 Å². The summed E-state index contributed by atoms with van der Waals surface area (Å²) < 4.78 is 2.23. The quantitative estimate of drug-likeness (QED) is 0.769. The van der Waals surface area contributed by atoms with E-state index in [1.54, 1.807) is 0 Å². The predicted octanol–water partition coefficient (Wildman–Crippen LogP) is 2.22. The highest BCUT2D eigenvalue weighted by molar-refractivity contribution is 5.86. The molecule has 0 saturated heterocycles. The smallest absolute Gasteiger partial charge is 0.0486 e. The summed E-state index contributed by atoms with van der Waals surface area (Å²) in [5, 5.41) is 1.38. The van der Waals surface area contributed by atoms with E-state index in [4.69, 9.17) is 5.73 Å². The SMILES string of the molecule is Cc1cccc2c1c(C)cn2CCN. The second-order valence-corrected chi connectivity index (χ2v) is 3.76. The van der Waals surface area contributed by atoms with Crippen molar-refractivity contribution in [3.05, 3.63) is 35.5 Å². The van der Waals surface area contributed by atoms with Crippen LogP contribution in [0, 0.1) is 13.8 Å². The second kappa shape index (κ2) is 3.46. The van der Waals surface area contributed by atoms with E-state index in [-0.39, 0.29) is 0 Å². The standard InChI is InChI=1S/C12H16N2/c1-9-4-3-5-11-12(9)10(2)8-14(11)7-6-13/h3-5,8H,6-7,13H2,1-2H3. The van der Waals surface area contributed by atoms with Gasteiger partial charge in [0.15, 0.2) is 0 Å². The average Bonchev–Trinajstić information content (AvgIpc) is 2.46. The molecule has 0 radical (unpaired) electrons. The van der Waals surface area contributed by atoms with E-state index in [2.05, 4.69) is 42.8 Å². The van der Waals surface area contributed by atoms with Crippen LogP contribution in [0.1, 0.15) is 11.1 Å². The van der Waals surface area contributed by atoms with Crippen LogP contribution < -0.4 is 5.73 Å². The molecule has 0 saturated carbocycles. The molecule has 74 valence electrons. The molecule has 0 aliphatic rings. The molecule has 1 aromatic heterocycles. The van der Waals surface area contributed by atoms with E-state index in [1.807, 2.05) is 0 Å². The van der Waals surface area contributed by atoms with Crippen LogP contribution in [0.2, 0.25) is 0 Å². The van der Waals surface area contributed by atoms with Gasteiger partial charge in [-0.3, -0.25) is 0 Å². The van der Waals surface area contributed by atoms with E-state index in [1.165, 1.54) is 22.0 Å². The third-order valence-corrected chi connectivity index (χ3v) is 2.67. The van der Waals surface area contributed by atoms with Gasteiger partial charge in [0, 0.05) is 30.2 Å². The Morgan fingerprint density at radius 2 is 2.00 bits per heavy atom. The Balaban J connectivity index is 2.71. The van der Waals surface area contributed by atoms with Crippen molar-refractivity contribution in [3.63, 3.8) is 0 Å². The summed E-state index contributed by atoms with van der Waals surface area (Å²) in [6, 6.07) is 6.41. The zero-order valence-electron chi connectivity index (χ0n) is 8.75. The number of aryl methyl sites for hydroxylation is 2. The van der Waals surface area contributed by atoms with E-state index in [9.17, 15) is 0 Å². The molecule has 0 fully saturated rings. The predicted molar refractivity (Wildman–Crippen MR) is 60.5 cm³/mol. The lowest BCUT2D eigenvalue weighted by atomic mass is 10.1. The second-order valence-electron chi connectivity index (χ2n) is 3.76.